The molecule has 0 heterocycles. The van der Waals surface area contributed by atoms with Gasteiger partial charge in [0.05, 0.1) is 4.47 Å². The predicted molar refractivity (Wildman–Crippen MR) is 89.5 cm³/mol. The number of carbonyl (C=O) groups excluding carboxylic acids is 1. The molecule has 0 aliphatic heterocycles. The summed E-state index contributed by atoms with van der Waals surface area (Å²) in [6.45, 7) is 5.22. The molecule has 0 spiro atoms. The van der Waals surface area contributed by atoms with Gasteiger partial charge in [-0.15, -0.1) is 0 Å². The average Bonchev–Trinajstić information content (AvgIpc) is 2.46. The number of benzene rings is 1. The first-order valence-electron chi connectivity index (χ1n) is 7.51. The number of nitrogens with one attached hydrogen (secondary N) is 1. The molecule has 1 atom stereocenters. The fourth-order valence-electron chi connectivity index (χ4n) is 1.94. The molecule has 0 aliphatic carbocycles. The van der Waals surface area contributed by atoms with Gasteiger partial charge in [-0.25, -0.2) is 0 Å². The highest BCUT2D eigenvalue weighted by Crippen LogP contribution is 2.27. The molecule has 0 fully saturated rings. The predicted octanol–water partition coefficient (Wildman–Crippen LogP) is 3.02. The lowest BCUT2D eigenvalue weighted by Gasteiger charge is -2.16. The van der Waals surface area contributed by atoms with E-state index in [4.69, 9.17) is 10.5 Å². The van der Waals surface area contributed by atoms with E-state index in [0.717, 1.165) is 35.7 Å². The van der Waals surface area contributed by atoms with E-state index in [1.807, 2.05) is 18.2 Å². The maximum Gasteiger partial charge on any atom is 0.260 e. The van der Waals surface area contributed by atoms with Gasteiger partial charge in [0.1, 0.15) is 5.75 Å². The van der Waals surface area contributed by atoms with Crippen LogP contribution in [0, 0.1) is 0 Å². The summed E-state index contributed by atoms with van der Waals surface area (Å²) >= 11 is 3.47. The van der Waals surface area contributed by atoms with Crippen LogP contribution in [0.1, 0.15) is 38.7 Å². The number of amides is 1. The van der Waals surface area contributed by atoms with Crippen LogP contribution in [0.2, 0.25) is 0 Å². The Morgan fingerprint density at radius 2 is 2.19 bits per heavy atom. The van der Waals surface area contributed by atoms with Crippen LogP contribution >= 0.6 is 15.9 Å². The highest BCUT2D eigenvalue weighted by molar-refractivity contribution is 9.10. The summed E-state index contributed by atoms with van der Waals surface area (Å²) in [5.74, 6) is 0.594. The minimum atomic E-state index is -0.511. The van der Waals surface area contributed by atoms with Crippen molar-refractivity contribution in [3.8, 4) is 5.75 Å². The number of carbonyl (C=O) groups is 1. The van der Waals surface area contributed by atoms with Gasteiger partial charge in [0, 0.05) is 6.54 Å². The maximum atomic E-state index is 11.9. The van der Waals surface area contributed by atoms with Crippen LogP contribution in [-0.2, 0) is 11.2 Å². The van der Waals surface area contributed by atoms with E-state index in [1.165, 1.54) is 0 Å². The smallest absolute Gasteiger partial charge is 0.260 e. The molecular formula is C16H25BrN2O2. The van der Waals surface area contributed by atoms with Crippen LogP contribution in [0.3, 0.4) is 0 Å². The molecule has 0 aromatic heterocycles. The normalized spacial score (nSPS) is 12.0. The standard InChI is InChI=1S/C16H25BrN2O2/c1-3-4-5-10-19-16(20)12(2)21-15-7-6-13(8-9-18)11-14(15)17/h6-7,11-12H,3-5,8-10,18H2,1-2H3,(H,19,20). The zero-order chi connectivity index (χ0) is 15.7. The molecular weight excluding hydrogens is 332 g/mol. The lowest BCUT2D eigenvalue weighted by atomic mass is 10.1. The van der Waals surface area contributed by atoms with E-state index in [-0.39, 0.29) is 5.91 Å². The number of hydrogen-bond acceptors (Lipinski definition) is 3. The summed E-state index contributed by atoms with van der Waals surface area (Å²) in [5, 5.41) is 2.89. The maximum absolute atomic E-state index is 11.9. The topological polar surface area (TPSA) is 64.3 Å². The molecule has 1 unspecified atom stereocenters. The van der Waals surface area contributed by atoms with Crippen LogP contribution in [0.25, 0.3) is 0 Å². The van der Waals surface area contributed by atoms with Gasteiger partial charge in [0.2, 0.25) is 0 Å². The molecule has 1 aromatic carbocycles. The van der Waals surface area contributed by atoms with Crippen LogP contribution in [-0.4, -0.2) is 25.1 Å². The first kappa shape index (κ1) is 18.0. The number of halogens is 1. The van der Waals surface area contributed by atoms with Crippen molar-refractivity contribution in [3.63, 3.8) is 0 Å². The highest BCUT2D eigenvalue weighted by Gasteiger charge is 2.15. The Kier molecular flexibility index (Phi) is 8.38. The van der Waals surface area contributed by atoms with Crippen LogP contribution in [0.15, 0.2) is 22.7 Å². The van der Waals surface area contributed by atoms with Gasteiger partial charge in [-0.3, -0.25) is 4.79 Å². The van der Waals surface area contributed by atoms with Gasteiger partial charge in [0.25, 0.3) is 5.91 Å². The van der Waals surface area contributed by atoms with Gasteiger partial charge in [-0.05, 0) is 59.9 Å². The summed E-state index contributed by atoms with van der Waals surface area (Å²) in [5.41, 5.74) is 6.68. The van der Waals surface area contributed by atoms with Crippen molar-refractivity contribution in [1.82, 2.24) is 5.32 Å². The SMILES string of the molecule is CCCCCNC(=O)C(C)Oc1ccc(CCN)cc1Br. The second-order valence-electron chi connectivity index (χ2n) is 5.06. The first-order chi connectivity index (χ1) is 10.1. The molecule has 21 heavy (non-hydrogen) atoms. The molecule has 0 saturated heterocycles. The Bertz CT molecular complexity index is 452. The number of rotatable bonds is 9. The lowest BCUT2D eigenvalue weighted by molar-refractivity contribution is -0.127. The third-order valence-corrected chi connectivity index (χ3v) is 3.80. The summed E-state index contributed by atoms with van der Waals surface area (Å²) in [6.07, 6.45) is 3.59. The number of hydrogen-bond donors (Lipinski definition) is 2. The fourth-order valence-corrected chi connectivity index (χ4v) is 2.46. The second-order valence-corrected chi connectivity index (χ2v) is 5.92. The number of unbranched alkanes of at least 4 members (excludes halogenated alkanes) is 2. The molecule has 1 rings (SSSR count). The van der Waals surface area contributed by atoms with Crippen molar-refractivity contribution in [1.29, 1.82) is 0 Å². The van der Waals surface area contributed by atoms with Gasteiger partial charge >= 0.3 is 0 Å². The summed E-state index contributed by atoms with van der Waals surface area (Å²) in [4.78, 5) is 11.9. The van der Waals surface area contributed by atoms with E-state index in [2.05, 4.69) is 28.2 Å². The third-order valence-electron chi connectivity index (χ3n) is 3.18. The van der Waals surface area contributed by atoms with Gasteiger partial charge in [-0.1, -0.05) is 25.8 Å². The largest absolute Gasteiger partial charge is 0.480 e. The first-order valence-corrected chi connectivity index (χ1v) is 8.30. The summed E-state index contributed by atoms with van der Waals surface area (Å²) < 4.78 is 6.55. The van der Waals surface area contributed by atoms with E-state index in [9.17, 15) is 4.79 Å². The molecule has 118 valence electrons. The Balaban J connectivity index is 2.50. The van der Waals surface area contributed by atoms with E-state index >= 15 is 0 Å². The Morgan fingerprint density at radius 3 is 2.81 bits per heavy atom. The lowest BCUT2D eigenvalue weighted by Crippen LogP contribution is -2.36. The number of nitrogens with two attached hydrogens (primary N) is 1. The molecule has 0 radical (unpaired) electrons. The highest BCUT2D eigenvalue weighted by atomic mass is 79.9. The van der Waals surface area contributed by atoms with Crippen molar-refractivity contribution in [3.05, 3.63) is 28.2 Å². The van der Waals surface area contributed by atoms with Crippen molar-refractivity contribution in [2.75, 3.05) is 13.1 Å². The molecule has 0 saturated carbocycles. The summed E-state index contributed by atoms with van der Waals surface area (Å²) in [7, 11) is 0. The zero-order valence-corrected chi connectivity index (χ0v) is 14.4. The van der Waals surface area contributed by atoms with Crippen LogP contribution in [0.5, 0.6) is 5.75 Å². The molecule has 5 heteroatoms. The van der Waals surface area contributed by atoms with Crippen molar-refractivity contribution >= 4 is 21.8 Å². The second kappa shape index (κ2) is 9.79. The Morgan fingerprint density at radius 1 is 1.43 bits per heavy atom. The van der Waals surface area contributed by atoms with Crippen LogP contribution < -0.4 is 15.8 Å². The minimum absolute atomic E-state index is 0.0796. The monoisotopic (exact) mass is 356 g/mol. The van der Waals surface area contributed by atoms with Gasteiger partial charge < -0.3 is 15.8 Å². The molecule has 4 nitrogen and oxygen atoms in total. The molecule has 1 amide bonds. The van der Waals surface area contributed by atoms with Crippen molar-refractivity contribution < 1.29 is 9.53 Å². The van der Waals surface area contributed by atoms with E-state index in [1.54, 1.807) is 6.92 Å². The minimum Gasteiger partial charge on any atom is -0.480 e. The van der Waals surface area contributed by atoms with Gasteiger partial charge in [-0.2, -0.15) is 0 Å². The Labute approximate surface area is 135 Å². The summed E-state index contributed by atoms with van der Waals surface area (Å²) in [6, 6.07) is 5.82. The van der Waals surface area contributed by atoms with Gasteiger partial charge in [0.15, 0.2) is 6.10 Å². The molecule has 1 aromatic rings. The average molecular weight is 357 g/mol. The quantitative estimate of drug-likeness (QED) is 0.668. The van der Waals surface area contributed by atoms with E-state index in [0.29, 0.717) is 18.8 Å². The zero-order valence-electron chi connectivity index (χ0n) is 12.8. The molecule has 0 bridgehead atoms. The van der Waals surface area contributed by atoms with Crippen LogP contribution in [0.4, 0.5) is 0 Å². The molecule has 3 N–H and O–H groups in total. The van der Waals surface area contributed by atoms with E-state index < -0.39 is 6.10 Å². The number of ether oxygens (including phenoxy) is 1. The molecule has 0 aliphatic rings. The Hall–Kier alpha value is -1.07. The van der Waals surface area contributed by atoms with Crippen molar-refractivity contribution in [2.24, 2.45) is 5.73 Å². The fraction of sp³-hybridized carbons (Fsp3) is 0.562. The van der Waals surface area contributed by atoms with Crippen molar-refractivity contribution in [2.45, 2.75) is 45.6 Å². The third kappa shape index (κ3) is 6.48.